The van der Waals surface area contributed by atoms with Crippen molar-refractivity contribution in [3.63, 3.8) is 0 Å². The average Bonchev–Trinajstić information content (AvgIpc) is 2.19. The van der Waals surface area contributed by atoms with Crippen LogP contribution in [0.1, 0.15) is 54.4 Å². The molecule has 0 aromatic heterocycles. The Balaban J connectivity index is 3.19. The van der Waals surface area contributed by atoms with E-state index in [0.29, 0.717) is 29.6 Å². The van der Waals surface area contributed by atoms with Gasteiger partial charge in [0, 0.05) is 17.2 Å². The zero-order chi connectivity index (χ0) is 16.4. The maximum atomic E-state index is 12.6. The van der Waals surface area contributed by atoms with Crippen molar-refractivity contribution >= 4 is 11.8 Å². The number of rotatable bonds is 3. The number of carbonyl (C=O) groups excluding carboxylic acids is 1. The van der Waals surface area contributed by atoms with Gasteiger partial charge in [0.15, 0.2) is 5.78 Å². The molecule has 0 amide bonds. The van der Waals surface area contributed by atoms with Gasteiger partial charge >= 0.3 is 5.97 Å². The lowest BCUT2D eigenvalue weighted by Gasteiger charge is -2.26. The molecule has 0 aliphatic heterocycles. The third-order valence-corrected chi connectivity index (χ3v) is 3.00. The van der Waals surface area contributed by atoms with Crippen LogP contribution in [0.2, 0.25) is 0 Å². The van der Waals surface area contributed by atoms with Crippen LogP contribution < -0.4 is 0 Å². The van der Waals surface area contributed by atoms with Crippen molar-refractivity contribution in [2.45, 2.75) is 54.4 Å². The van der Waals surface area contributed by atoms with Crippen molar-refractivity contribution < 1.29 is 14.7 Å². The Hall–Kier alpha value is -1.64. The first-order valence-corrected chi connectivity index (χ1v) is 7.28. The largest absolute Gasteiger partial charge is 0.478 e. The van der Waals surface area contributed by atoms with E-state index in [4.69, 9.17) is 5.11 Å². The van der Waals surface area contributed by atoms with Crippen LogP contribution in [-0.2, 0) is 9.59 Å². The van der Waals surface area contributed by atoms with E-state index in [2.05, 4.69) is 41.5 Å². The van der Waals surface area contributed by atoms with E-state index in [1.165, 1.54) is 0 Å². The first-order valence-electron chi connectivity index (χ1n) is 7.28. The summed E-state index contributed by atoms with van der Waals surface area (Å²) in [5.41, 5.74) is 1.98. The molecule has 1 N–H and O–H groups in total. The molecule has 1 aliphatic carbocycles. The van der Waals surface area contributed by atoms with E-state index in [1.807, 2.05) is 0 Å². The van der Waals surface area contributed by atoms with Gasteiger partial charge in [0.05, 0.1) is 0 Å². The van der Waals surface area contributed by atoms with Crippen LogP contribution >= 0.6 is 0 Å². The SMILES string of the molecule is CC(C)(C)CC1=CC(=CC(=O)O)C=C(CC(C)(C)C)C1=O. The summed E-state index contributed by atoms with van der Waals surface area (Å²) in [5, 5.41) is 8.95. The number of carbonyl (C=O) groups is 2. The molecule has 0 radical (unpaired) electrons. The molecule has 3 heteroatoms. The minimum absolute atomic E-state index is 0.0139. The second kappa shape index (κ2) is 6.00. The zero-order valence-corrected chi connectivity index (χ0v) is 13.9. The maximum absolute atomic E-state index is 12.6. The van der Waals surface area contributed by atoms with E-state index in [-0.39, 0.29) is 16.6 Å². The highest BCUT2D eigenvalue weighted by Crippen LogP contribution is 2.34. The summed E-state index contributed by atoms with van der Waals surface area (Å²) in [6.45, 7) is 12.4. The minimum Gasteiger partial charge on any atom is -0.478 e. The summed E-state index contributed by atoms with van der Waals surface area (Å²) in [4.78, 5) is 23.5. The first kappa shape index (κ1) is 17.4. The number of hydrogen-bond acceptors (Lipinski definition) is 2. The van der Waals surface area contributed by atoms with Crippen molar-refractivity contribution in [1.29, 1.82) is 0 Å². The molecule has 0 saturated carbocycles. The summed E-state index contributed by atoms with van der Waals surface area (Å²) >= 11 is 0. The normalized spacial score (nSPS) is 16.5. The lowest BCUT2D eigenvalue weighted by molar-refractivity contribution is -0.131. The third kappa shape index (κ3) is 6.11. The van der Waals surface area contributed by atoms with Crippen molar-refractivity contribution in [1.82, 2.24) is 0 Å². The van der Waals surface area contributed by atoms with E-state index < -0.39 is 5.97 Å². The number of carboxylic acids is 1. The highest BCUT2D eigenvalue weighted by Gasteiger charge is 2.27. The van der Waals surface area contributed by atoms with Gasteiger partial charge in [0.1, 0.15) is 0 Å². The van der Waals surface area contributed by atoms with Gasteiger partial charge in [-0.3, -0.25) is 4.79 Å². The molecule has 0 saturated heterocycles. The molecule has 21 heavy (non-hydrogen) atoms. The standard InChI is InChI=1S/C18H26O3/c1-17(2,3)10-13-7-12(9-15(19)20)8-14(16(13)21)11-18(4,5)6/h7-9H,10-11H2,1-6H3,(H,19,20). The van der Waals surface area contributed by atoms with Crippen molar-refractivity contribution in [2.75, 3.05) is 0 Å². The van der Waals surface area contributed by atoms with Crippen LogP contribution in [0.25, 0.3) is 0 Å². The molecule has 0 fully saturated rings. The molecular formula is C18H26O3. The number of ketones is 1. The molecule has 0 atom stereocenters. The van der Waals surface area contributed by atoms with Gasteiger partial charge in [-0.1, -0.05) is 41.5 Å². The number of Topliss-reactive ketones (excluding diaryl/α,β-unsaturated/α-hetero) is 1. The summed E-state index contributed by atoms with van der Waals surface area (Å²) in [6.07, 6.45) is 5.88. The molecular weight excluding hydrogens is 264 g/mol. The summed E-state index contributed by atoms with van der Waals surface area (Å²) in [7, 11) is 0. The minimum atomic E-state index is -0.989. The molecule has 0 heterocycles. The quantitative estimate of drug-likeness (QED) is 0.788. The highest BCUT2D eigenvalue weighted by atomic mass is 16.4. The molecule has 1 aliphatic rings. The monoisotopic (exact) mass is 290 g/mol. The average molecular weight is 290 g/mol. The molecule has 0 unspecified atom stereocenters. The topological polar surface area (TPSA) is 54.4 Å². The molecule has 1 rings (SSSR count). The van der Waals surface area contributed by atoms with Crippen LogP contribution in [-0.4, -0.2) is 16.9 Å². The van der Waals surface area contributed by atoms with Gasteiger partial charge in [0.2, 0.25) is 0 Å². The fourth-order valence-corrected chi connectivity index (χ4v) is 2.41. The second-order valence-electron chi connectivity index (χ2n) is 8.13. The van der Waals surface area contributed by atoms with Crippen molar-refractivity contribution in [3.05, 3.63) is 34.9 Å². The van der Waals surface area contributed by atoms with Crippen LogP contribution in [0.3, 0.4) is 0 Å². The van der Waals surface area contributed by atoms with Crippen LogP contribution in [0.4, 0.5) is 0 Å². The van der Waals surface area contributed by atoms with Crippen molar-refractivity contribution in [2.24, 2.45) is 10.8 Å². The molecule has 3 nitrogen and oxygen atoms in total. The Morgan fingerprint density at radius 3 is 1.67 bits per heavy atom. The molecule has 0 aromatic rings. The van der Waals surface area contributed by atoms with Crippen molar-refractivity contribution in [3.8, 4) is 0 Å². The fraction of sp³-hybridized carbons (Fsp3) is 0.556. The van der Waals surface area contributed by atoms with Gasteiger partial charge in [-0.25, -0.2) is 4.79 Å². The molecule has 0 spiro atoms. The Kier molecular flexibility index (Phi) is 4.98. The second-order valence-corrected chi connectivity index (χ2v) is 8.13. The number of carboxylic acid groups (broad SMARTS) is 1. The van der Waals surface area contributed by atoms with Gasteiger partial charge in [-0.05, 0) is 41.4 Å². The predicted molar refractivity (Wildman–Crippen MR) is 85.0 cm³/mol. The summed E-state index contributed by atoms with van der Waals surface area (Å²) < 4.78 is 0. The van der Waals surface area contributed by atoms with Crippen LogP contribution in [0.15, 0.2) is 34.9 Å². The number of aliphatic carboxylic acids is 1. The van der Waals surface area contributed by atoms with Gasteiger partial charge in [0.25, 0.3) is 0 Å². The molecule has 116 valence electrons. The van der Waals surface area contributed by atoms with E-state index >= 15 is 0 Å². The maximum Gasteiger partial charge on any atom is 0.328 e. The Morgan fingerprint density at radius 1 is 1.00 bits per heavy atom. The number of hydrogen-bond donors (Lipinski definition) is 1. The van der Waals surface area contributed by atoms with Crippen LogP contribution in [0.5, 0.6) is 0 Å². The molecule has 0 bridgehead atoms. The van der Waals surface area contributed by atoms with E-state index in [1.54, 1.807) is 12.2 Å². The third-order valence-electron chi connectivity index (χ3n) is 3.00. The highest BCUT2D eigenvalue weighted by molar-refractivity contribution is 6.10. The number of allylic oxidation sites excluding steroid dienone is 5. The van der Waals surface area contributed by atoms with E-state index in [9.17, 15) is 9.59 Å². The van der Waals surface area contributed by atoms with E-state index in [0.717, 1.165) is 6.08 Å². The Morgan fingerprint density at radius 2 is 1.38 bits per heavy atom. The lowest BCUT2D eigenvalue weighted by Crippen LogP contribution is -2.20. The fourth-order valence-electron chi connectivity index (χ4n) is 2.41. The van der Waals surface area contributed by atoms with Crippen LogP contribution in [0, 0.1) is 10.8 Å². The summed E-state index contributed by atoms with van der Waals surface area (Å²) in [6, 6.07) is 0. The smallest absolute Gasteiger partial charge is 0.328 e. The van der Waals surface area contributed by atoms with Gasteiger partial charge in [-0.15, -0.1) is 0 Å². The van der Waals surface area contributed by atoms with Gasteiger partial charge in [-0.2, -0.15) is 0 Å². The molecule has 0 aromatic carbocycles. The first-order chi connectivity index (χ1) is 9.37. The zero-order valence-electron chi connectivity index (χ0n) is 13.9. The Bertz CT molecular complexity index is 494. The predicted octanol–water partition coefficient (Wildman–Crippen LogP) is 4.31. The van der Waals surface area contributed by atoms with Gasteiger partial charge < -0.3 is 5.11 Å². The Labute approximate surface area is 127 Å². The lowest BCUT2D eigenvalue weighted by atomic mass is 9.78. The summed E-state index contributed by atoms with van der Waals surface area (Å²) in [5.74, 6) is -0.931.